The molecule has 0 aliphatic carbocycles. The van der Waals surface area contributed by atoms with E-state index >= 15 is 0 Å². The topological polar surface area (TPSA) is 146 Å². The summed E-state index contributed by atoms with van der Waals surface area (Å²) in [5, 5.41) is 17.2. The number of dihydropyridines is 1. The zero-order valence-corrected chi connectivity index (χ0v) is 20.2. The minimum Gasteiger partial charge on any atom is -0.466 e. The quantitative estimate of drug-likeness (QED) is 0.120. The Morgan fingerprint density at radius 1 is 1.23 bits per heavy atom. The number of hydrogen-bond acceptors (Lipinski definition) is 9. The van der Waals surface area contributed by atoms with Crippen LogP contribution in [0.4, 0.5) is 5.69 Å². The first-order valence-corrected chi connectivity index (χ1v) is 10.8. The second kappa shape index (κ2) is 12.6. The summed E-state index contributed by atoms with van der Waals surface area (Å²) < 4.78 is 15.6. The van der Waals surface area contributed by atoms with Crippen molar-refractivity contribution < 1.29 is 33.5 Å². The molecule has 1 amide bonds. The van der Waals surface area contributed by atoms with Gasteiger partial charge in [-0.05, 0) is 19.4 Å². The van der Waals surface area contributed by atoms with Crippen molar-refractivity contribution in [3.63, 3.8) is 0 Å². The fourth-order valence-corrected chi connectivity index (χ4v) is 3.81. The lowest BCUT2D eigenvalue weighted by Crippen LogP contribution is -2.45. The first kappa shape index (κ1) is 27.5. The summed E-state index contributed by atoms with van der Waals surface area (Å²) in [4.78, 5) is 48.1. The van der Waals surface area contributed by atoms with E-state index < -0.39 is 34.9 Å². The lowest BCUT2D eigenvalue weighted by molar-refractivity contribution is -0.384. The number of esters is 1. The number of nitro benzene ring substituents is 1. The maximum Gasteiger partial charge on any atom is 0.336 e. The number of carbonyl (C=O) groups is 2. The van der Waals surface area contributed by atoms with Gasteiger partial charge in [0.15, 0.2) is 0 Å². The van der Waals surface area contributed by atoms with Crippen molar-refractivity contribution in [1.82, 2.24) is 10.6 Å². The maximum absolute atomic E-state index is 13.6. The van der Waals surface area contributed by atoms with Gasteiger partial charge < -0.3 is 24.8 Å². The van der Waals surface area contributed by atoms with Crippen LogP contribution in [-0.2, 0) is 28.6 Å². The number of rotatable bonds is 11. The van der Waals surface area contributed by atoms with E-state index in [0.29, 0.717) is 17.0 Å². The number of hydrogen-bond donors (Lipinski definition) is 2. The molecule has 11 heteroatoms. The largest absolute Gasteiger partial charge is 0.466 e. The van der Waals surface area contributed by atoms with E-state index in [2.05, 4.69) is 10.6 Å². The van der Waals surface area contributed by atoms with Crippen LogP contribution in [0.3, 0.4) is 0 Å². The zero-order chi connectivity index (χ0) is 26.1. The molecule has 35 heavy (non-hydrogen) atoms. The Morgan fingerprint density at radius 3 is 2.51 bits per heavy atom. The van der Waals surface area contributed by atoms with E-state index in [0.717, 1.165) is 0 Å². The second-order valence-electron chi connectivity index (χ2n) is 7.88. The Bertz CT molecular complexity index is 1090. The number of methoxy groups -OCH3 is 2. The predicted molar refractivity (Wildman–Crippen MR) is 126 cm³/mol. The number of amides is 1. The highest BCUT2D eigenvalue weighted by Gasteiger charge is 2.38. The molecule has 11 nitrogen and oxygen atoms in total. The SMILES string of the molecule is COCCO[C@H](NC(=O)C1=C(C)NC(C)=C(C(=O)OC)[C@H]1c1cccc([N+](=O)[O-])c1)C(C)C=C=O. The lowest BCUT2D eigenvalue weighted by atomic mass is 9.80. The van der Waals surface area contributed by atoms with Gasteiger partial charge in [-0.25, -0.2) is 9.59 Å². The molecule has 2 rings (SSSR count). The van der Waals surface area contributed by atoms with Crippen molar-refractivity contribution in [2.45, 2.75) is 32.9 Å². The van der Waals surface area contributed by atoms with E-state index in [1.54, 1.807) is 32.8 Å². The third-order valence-corrected chi connectivity index (χ3v) is 5.49. The Hall–Kier alpha value is -3.79. The smallest absolute Gasteiger partial charge is 0.336 e. The summed E-state index contributed by atoms with van der Waals surface area (Å²) in [6.07, 6.45) is 0.318. The van der Waals surface area contributed by atoms with Gasteiger partial charge >= 0.3 is 5.97 Å². The molecule has 1 aromatic carbocycles. The van der Waals surface area contributed by atoms with Gasteiger partial charge in [-0.1, -0.05) is 19.1 Å². The molecular formula is C24H29N3O8. The van der Waals surface area contributed by atoms with Crippen molar-refractivity contribution in [1.29, 1.82) is 0 Å². The fraction of sp³-hybridized carbons (Fsp3) is 0.417. The first-order chi connectivity index (χ1) is 16.7. The van der Waals surface area contributed by atoms with E-state index in [1.807, 2.05) is 0 Å². The zero-order valence-electron chi connectivity index (χ0n) is 20.2. The average Bonchev–Trinajstić information content (AvgIpc) is 2.82. The van der Waals surface area contributed by atoms with E-state index in [1.165, 1.54) is 38.5 Å². The minimum absolute atomic E-state index is 0.140. The van der Waals surface area contributed by atoms with Gasteiger partial charge in [0, 0.05) is 48.2 Å². The van der Waals surface area contributed by atoms with E-state index in [4.69, 9.17) is 14.2 Å². The molecule has 0 saturated carbocycles. The molecule has 0 radical (unpaired) electrons. The van der Waals surface area contributed by atoms with Crippen LogP contribution in [0.25, 0.3) is 0 Å². The average molecular weight is 488 g/mol. The van der Waals surface area contributed by atoms with E-state index in [-0.39, 0.29) is 30.0 Å². The van der Waals surface area contributed by atoms with Gasteiger partial charge in [0.05, 0.1) is 36.7 Å². The van der Waals surface area contributed by atoms with Crippen LogP contribution in [0.15, 0.2) is 52.9 Å². The molecule has 1 heterocycles. The summed E-state index contributed by atoms with van der Waals surface area (Å²) in [6.45, 7) is 5.40. The third kappa shape index (κ3) is 6.63. The van der Waals surface area contributed by atoms with Gasteiger partial charge in [-0.15, -0.1) is 0 Å². The van der Waals surface area contributed by atoms with E-state index in [9.17, 15) is 24.5 Å². The summed E-state index contributed by atoms with van der Waals surface area (Å²) in [5.41, 5.74) is 1.36. The molecular weight excluding hydrogens is 458 g/mol. The number of ether oxygens (including phenoxy) is 3. The van der Waals surface area contributed by atoms with Crippen LogP contribution in [-0.4, -0.2) is 56.4 Å². The standard InChI is InChI=1S/C24H29N3O8/c1-14(9-10-28)23(35-12-11-33-4)26-22(29)19-15(2)25-16(3)20(24(30)34-5)21(19)17-7-6-8-18(13-17)27(31)32/h6-9,13-14,21,23,25H,11-12H2,1-5H3,(H,26,29)/t14?,21-,23-/m0/s1. The molecule has 1 aliphatic rings. The highest BCUT2D eigenvalue weighted by atomic mass is 16.6. The van der Waals surface area contributed by atoms with Crippen LogP contribution < -0.4 is 10.6 Å². The van der Waals surface area contributed by atoms with Crippen molar-refractivity contribution >= 4 is 23.5 Å². The molecule has 188 valence electrons. The molecule has 2 N–H and O–H groups in total. The van der Waals surface area contributed by atoms with Crippen molar-refractivity contribution in [3.05, 3.63) is 68.6 Å². The molecule has 0 spiro atoms. The van der Waals surface area contributed by atoms with Gasteiger partial charge in [0.2, 0.25) is 0 Å². The summed E-state index contributed by atoms with van der Waals surface area (Å²) in [6, 6.07) is 5.72. The van der Waals surface area contributed by atoms with Gasteiger partial charge in [0.25, 0.3) is 11.6 Å². The van der Waals surface area contributed by atoms with Crippen LogP contribution in [0.1, 0.15) is 32.3 Å². The number of nitrogens with one attached hydrogen (secondary N) is 2. The van der Waals surface area contributed by atoms with Crippen LogP contribution in [0.5, 0.6) is 0 Å². The van der Waals surface area contributed by atoms with Crippen molar-refractivity contribution in [3.8, 4) is 0 Å². The Morgan fingerprint density at radius 2 is 1.91 bits per heavy atom. The van der Waals surface area contributed by atoms with Crippen molar-refractivity contribution in [2.75, 3.05) is 27.4 Å². The number of nitro groups is 1. The lowest BCUT2D eigenvalue weighted by Gasteiger charge is -2.32. The van der Waals surface area contributed by atoms with Gasteiger partial charge in [-0.2, -0.15) is 0 Å². The third-order valence-electron chi connectivity index (χ3n) is 5.49. The molecule has 1 unspecified atom stereocenters. The molecule has 3 atom stereocenters. The normalized spacial score (nSPS) is 17.1. The monoisotopic (exact) mass is 487 g/mol. The Kier molecular flexibility index (Phi) is 9.89. The van der Waals surface area contributed by atoms with Crippen LogP contribution in [0, 0.1) is 16.0 Å². The highest BCUT2D eigenvalue weighted by molar-refractivity contribution is 6.02. The molecule has 1 aromatic rings. The first-order valence-electron chi connectivity index (χ1n) is 10.8. The number of carbonyl (C=O) groups excluding carboxylic acids is 3. The van der Waals surface area contributed by atoms with Crippen LogP contribution >= 0.6 is 0 Å². The van der Waals surface area contributed by atoms with Crippen molar-refractivity contribution in [2.24, 2.45) is 5.92 Å². The van der Waals surface area contributed by atoms with Gasteiger partial charge in [0.1, 0.15) is 12.2 Å². The van der Waals surface area contributed by atoms with Crippen LogP contribution in [0.2, 0.25) is 0 Å². The predicted octanol–water partition coefficient (Wildman–Crippen LogP) is 2.13. The molecule has 0 fully saturated rings. The minimum atomic E-state index is -0.958. The second-order valence-corrected chi connectivity index (χ2v) is 7.88. The highest BCUT2D eigenvalue weighted by Crippen LogP contribution is 2.39. The fourth-order valence-electron chi connectivity index (χ4n) is 3.81. The summed E-state index contributed by atoms with van der Waals surface area (Å²) in [5.74, 6) is -1.07. The summed E-state index contributed by atoms with van der Waals surface area (Å²) in [7, 11) is 2.71. The number of nitrogens with zero attached hydrogens (tertiary/aromatic N) is 1. The number of allylic oxidation sites excluding steroid dienone is 2. The molecule has 0 bridgehead atoms. The molecule has 1 aliphatic heterocycles. The molecule has 0 aromatic heterocycles. The molecule has 0 saturated heterocycles. The maximum atomic E-state index is 13.6. The number of non-ortho nitro benzene ring substituents is 1. The summed E-state index contributed by atoms with van der Waals surface area (Å²) >= 11 is 0. The Balaban J connectivity index is 2.57. The van der Waals surface area contributed by atoms with Gasteiger partial charge in [-0.3, -0.25) is 14.9 Å². The number of benzene rings is 1. The Labute approximate surface area is 203 Å².